The van der Waals surface area contributed by atoms with Crippen LogP contribution in [0.25, 0.3) is 0 Å². The van der Waals surface area contributed by atoms with Crippen molar-refractivity contribution in [3.8, 4) is 11.7 Å². The van der Waals surface area contributed by atoms with Gasteiger partial charge in [0.1, 0.15) is 12.0 Å². The lowest BCUT2D eigenvalue weighted by Gasteiger charge is -2.23. The molecule has 138 valence electrons. The maximum absolute atomic E-state index is 12.5. The molecule has 0 radical (unpaired) electrons. The minimum atomic E-state index is -4.48. The summed E-state index contributed by atoms with van der Waals surface area (Å²) in [6.45, 7) is 0.936. The van der Waals surface area contributed by atoms with Gasteiger partial charge in [0.15, 0.2) is 0 Å². The molecule has 1 aromatic carbocycles. The summed E-state index contributed by atoms with van der Waals surface area (Å²) >= 11 is 0. The van der Waals surface area contributed by atoms with E-state index in [0.717, 1.165) is 25.5 Å². The predicted octanol–water partition coefficient (Wildman–Crippen LogP) is 3.57. The van der Waals surface area contributed by atoms with Crippen molar-refractivity contribution in [1.29, 1.82) is 0 Å². The van der Waals surface area contributed by atoms with Crippen LogP contribution in [-0.4, -0.2) is 24.5 Å². The first-order chi connectivity index (χ1) is 12.4. The smallest absolute Gasteiger partial charge is 0.419 e. The van der Waals surface area contributed by atoms with Crippen molar-refractivity contribution in [3.05, 3.63) is 47.7 Å². The van der Waals surface area contributed by atoms with E-state index in [-0.39, 0.29) is 23.6 Å². The summed E-state index contributed by atoms with van der Waals surface area (Å²) in [6.07, 6.45) is -1.85. The summed E-state index contributed by atoms with van der Waals surface area (Å²) in [5.74, 6) is 0.345. The van der Waals surface area contributed by atoms with E-state index in [4.69, 9.17) is 9.15 Å². The molecule has 1 saturated carbocycles. The standard InChI is InChI=1S/C18H17F3N2O3/c19-18(20,21)12-6-16(25-9-12)26-14-3-1-10(2-4-14)17(24)23-15-7-13-5-11(15)8-22-13/h1-4,6,9,11,13,15,22H,5,7-8H2,(H,23,24). The Bertz CT molecular complexity index is 801. The summed E-state index contributed by atoms with van der Waals surface area (Å²) in [5, 5.41) is 6.45. The molecule has 2 heterocycles. The van der Waals surface area contributed by atoms with Crippen molar-refractivity contribution in [2.24, 2.45) is 5.92 Å². The number of piperidine rings is 1. The van der Waals surface area contributed by atoms with E-state index < -0.39 is 11.7 Å². The van der Waals surface area contributed by atoms with Crippen LogP contribution in [0.5, 0.6) is 11.7 Å². The van der Waals surface area contributed by atoms with Gasteiger partial charge in [0, 0.05) is 30.3 Å². The van der Waals surface area contributed by atoms with Gasteiger partial charge in [0.05, 0.1) is 5.56 Å². The summed E-state index contributed by atoms with van der Waals surface area (Å²) in [7, 11) is 0. The monoisotopic (exact) mass is 366 g/mol. The largest absolute Gasteiger partial charge is 0.433 e. The van der Waals surface area contributed by atoms with Crippen molar-refractivity contribution in [1.82, 2.24) is 10.6 Å². The zero-order valence-corrected chi connectivity index (χ0v) is 13.7. The van der Waals surface area contributed by atoms with Crippen LogP contribution in [-0.2, 0) is 6.18 Å². The van der Waals surface area contributed by atoms with E-state index in [1.54, 1.807) is 12.1 Å². The fraction of sp³-hybridized carbons (Fsp3) is 0.389. The Morgan fingerprint density at radius 3 is 2.58 bits per heavy atom. The van der Waals surface area contributed by atoms with Crippen molar-refractivity contribution >= 4 is 5.91 Å². The molecule has 5 nitrogen and oxygen atoms in total. The lowest BCUT2D eigenvalue weighted by molar-refractivity contribution is -0.137. The van der Waals surface area contributed by atoms with E-state index in [9.17, 15) is 18.0 Å². The Balaban J connectivity index is 1.37. The molecule has 1 aliphatic heterocycles. The topological polar surface area (TPSA) is 63.5 Å². The highest BCUT2D eigenvalue weighted by atomic mass is 19.4. The number of carbonyl (C=O) groups is 1. The molecule has 1 aliphatic carbocycles. The molecule has 4 rings (SSSR count). The number of halogens is 3. The van der Waals surface area contributed by atoms with Crippen LogP contribution in [0.2, 0.25) is 0 Å². The van der Waals surface area contributed by atoms with Crippen molar-refractivity contribution in [3.63, 3.8) is 0 Å². The Hall–Kier alpha value is -2.48. The van der Waals surface area contributed by atoms with Crippen LogP contribution in [0.4, 0.5) is 13.2 Å². The van der Waals surface area contributed by atoms with Crippen molar-refractivity contribution in [2.75, 3.05) is 6.54 Å². The zero-order valence-electron chi connectivity index (χ0n) is 13.7. The molecule has 2 fully saturated rings. The highest BCUT2D eigenvalue weighted by Crippen LogP contribution is 2.34. The fourth-order valence-electron chi connectivity index (χ4n) is 3.57. The van der Waals surface area contributed by atoms with Crippen LogP contribution < -0.4 is 15.4 Å². The molecule has 2 aromatic rings. The first kappa shape index (κ1) is 17.0. The molecule has 8 heteroatoms. The number of fused-ring (bicyclic) bond motifs is 2. The van der Waals surface area contributed by atoms with Gasteiger partial charge in [-0.05, 0) is 43.0 Å². The van der Waals surface area contributed by atoms with Crippen LogP contribution in [0, 0.1) is 5.92 Å². The van der Waals surface area contributed by atoms with E-state index in [0.29, 0.717) is 23.8 Å². The normalized spacial score (nSPS) is 24.7. The number of carbonyl (C=O) groups excluding carboxylic acids is 1. The fourth-order valence-corrected chi connectivity index (χ4v) is 3.57. The predicted molar refractivity (Wildman–Crippen MR) is 86.0 cm³/mol. The van der Waals surface area contributed by atoms with Gasteiger partial charge in [-0.3, -0.25) is 4.79 Å². The minimum Gasteiger partial charge on any atom is -0.433 e. The third kappa shape index (κ3) is 3.41. The summed E-state index contributed by atoms with van der Waals surface area (Å²) in [4.78, 5) is 12.3. The quantitative estimate of drug-likeness (QED) is 0.868. The number of hydrogen-bond donors (Lipinski definition) is 2. The van der Waals surface area contributed by atoms with Crippen LogP contribution in [0.3, 0.4) is 0 Å². The lowest BCUT2D eigenvalue weighted by Crippen LogP contribution is -2.44. The number of amides is 1. The van der Waals surface area contributed by atoms with Crippen LogP contribution in [0.15, 0.2) is 41.0 Å². The third-order valence-electron chi connectivity index (χ3n) is 4.92. The van der Waals surface area contributed by atoms with Gasteiger partial charge in [-0.1, -0.05) is 0 Å². The molecular formula is C18H17F3N2O3. The third-order valence-corrected chi connectivity index (χ3v) is 4.92. The number of ether oxygens (including phenoxy) is 1. The highest BCUT2D eigenvalue weighted by molar-refractivity contribution is 5.94. The molecule has 26 heavy (non-hydrogen) atoms. The van der Waals surface area contributed by atoms with Gasteiger partial charge in [-0.15, -0.1) is 0 Å². The van der Waals surface area contributed by atoms with Gasteiger partial charge < -0.3 is 19.8 Å². The SMILES string of the molecule is O=C(NC1CC2CC1CN2)c1ccc(Oc2cc(C(F)(F)F)co2)cc1. The Morgan fingerprint density at radius 2 is 2.00 bits per heavy atom. The number of nitrogens with one attached hydrogen (secondary N) is 2. The van der Waals surface area contributed by atoms with Gasteiger partial charge in [-0.25, -0.2) is 0 Å². The number of furan rings is 1. The van der Waals surface area contributed by atoms with Crippen LogP contribution in [0.1, 0.15) is 28.8 Å². The molecule has 1 aromatic heterocycles. The van der Waals surface area contributed by atoms with E-state index in [2.05, 4.69) is 10.6 Å². The second-order valence-corrected chi connectivity index (χ2v) is 6.70. The summed E-state index contributed by atoms with van der Waals surface area (Å²) < 4.78 is 47.6. The number of benzene rings is 1. The average Bonchev–Trinajstić information content (AvgIpc) is 3.31. The molecule has 3 atom stereocenters. The molecule has 0 spiro atoms. The van der Waals surface area contributed by atoms with Crippen LogP contribution >= 0.6 is 0 Å². The first-order valence-corrected chi connectivity index (χ1v) is 8.36. The van der Waals surface area contributed by atoms with Gasteiger partial charge in [0.25, 0.3) is 11.9 Å². The average molecular weight is 366 g/mol. The van der Waals surface area contributed by atoms with Gasteiger partial charge in [-0.2, -0.15) is 13.2 Å². The Kier molecular flexibility index (Phi) is 4.14. The number of hydrogen-bond acceptors (Lipinski definition) is 4. The summed E-state index contributed by atoms with van der Waals surface area (Å²) in [5.41, 5.74) is -0.438. The Morgan fingerprint density at radius 1 is 1.23 bits per heavy atom. The van der Waals surface area contributed by atoms with Gasteiger partial charge in [0.2, 0.25) is 0 Å². The molecule has 2 N–H and O–H groups in total. The number of alkyl halides is 3. The van der Waals surface area contributed by atoms with E-state index in [1.807, 2.05) is 0 Å². The molecule has 1 saturated heterocycles. The molecule has 2 bridgehead atoms. The molecule has 3 unspecified atom stereocenters. The second-order valence-electron chi connectivity index (χ2n) is 6.70. The molecule has 2 aliphatic rings. The Labute approximate surface area is 147 Å². The van der Waals surface area contributed by atoms with Crippen molar-refractivity contribution < 1.29 is 27.1 Å². The maximum Gasteiger partial charge on any atom is 0.419 e. The second kappa shape index (κ2) is 6.35. The molecule has 1 amide bonds. The molecular weight excluding hydrogens is 349 g/mol. The first-order valence-electron chi connectivity index (χ1n) is 8.36. The lowest BCUT2D eigenvalue weighted by atomic mass is 10.0. The zero-order chi connectivity index (χ0) is 18.3. The van der Waals surface area contributed by atoms with E-state index >= 15 is 0 Å². The highest BCUT2D eigenvalue weighted by Gasteiger charge is 2.40. The van der Waals surface area contributed by atoms with Crippen molar-refractivity contribution in [2.45, 2.75) is 31.1 Å². The minimum absolute atomic E-state index is 0.161. The van der Waals surface area contributed by atoms with Gasteiger partial charge >= 0.3 is 6.18 Å². The van der Waals surface area contributed by atoms with E-state index in [1.165, 1.54) is 12.1 Å². The number of rotatable bonds is 4. The summed E-state index contributed by atoms with van der Waals surface area (Å²) in [6, 6.07) is 7.65. The maximum atomic E-state index is 12.5.